The second-order valence-electron chi connectivity index (χ2n) is 8.80. The van der Waals surface area contributed by atoms with Crippen LogP contribution in [0.1, 0.15) is 39.5 Å². The van der Waals surface area contributed by atoms with E-state index in [4.69, 9.17) is 9.47 Å². The molecule has 1 fully saturated rings. The Morgan fingerprint density at radius 3 is 2.42 bits per heavy atom. The van der Waals surface area contributed by atoms with Crippen LogP contribution >= 0.6 is 27.3 Å². The molecule has 0 aliphatic carbocycles. The Balaban J connectivity index is 1.66. The van der Waals surface area contributed by atoms with E-state index in [0.29, 0.717) is 28.3 Å². The van der Waals surface area contributed by atoms with Gasteiger partial charge in [0.15, 0.2) is 5.13 Å². The number of esters is 1. The van der Waals surface area contributed by atoms with Crippen LogP contribution < -0.4 is 9.64 Å². The number of para-hydroxylation sites is 1. The number of anilines is 1. The molecule has 0 saturated carbocycles. The van der Waals surface area contributed by atoms with E-state index in [9.17, 15) is 19.5 Å². The Morgan fingerprint density at radius 2 is 1.73 bits per heavy atom. The van der Waals surface area contributed by atoms with Gasteiger partial charge in [-0.05, 0) is 55.8 Å². The third-order valence-corrected chi connectivity index (χ3v) is 7.83. The molecule has 4 aromatic rings. The van der Waals surface area contributed by atoms with Gasteiger partial charge in [0.05, 0.1) is 23.9 Å². The molecule has 10 heteroatoms. The lowest BCUT2D eigenvalue weighted by Crippen LogP contribution is -2.29. The fourth-order valence-electron chi connectivity index (χ4n) is 4.35. The molecule has 8 nitrogen and oxygen atoms in total. The highest BCUT2D eigenvalue weighted by molar-refractivity contribution is 9.10. The molecule has 5 rings (SSSR count). The Labute approximate surface area is 242 Å². The van der Waals surface area contributed by atoms with Gasteiger partial charge in [-0.25, -0.2) is 9.78 Å². The number of carbonyl (C=O) groups is 3. The van der Waals surface area contributed by atoms with E-state index in [2.05, 4.69) is 20.9 Å². The Bertz CT molecular complexity index is 1630. The van der Waals surface area contributed by atoms with Crippen molar-refractivity contribution in [3.63, 3.8) is 0 Å². The van der Waals surface area contributed by atoms with Crippen LogP contribution in [-0.2, 0) is 14.3 Å². The number of benzene rings is 3. The summed E-state index contributed by atoms with van der Waals surface area (Å²) in [5.74, 6) is -1.55. The van der Waals surface area contributed by atoms with E-state index in [-0.39, 0.29) is 27.9 Å². The number of thiazole rings is 1. The zero-order valence-electron chi connectivity index (χ0n) is 21.5. The molecular formula is C30H23BrN2O6S. The molecule has 0 radical (unpaired) electrons. The maximum atomic E-state index is 13.5. The molecular weight excluding hydrogens is 596 g/mol. The van der Waals surface area contributed by atoms with Crippen molar-refractivity contribution in [1.29, 1.82) is 0 Å². The molecule has 3 aromatic carbocycles. The molecule has 0 spiro atoms. The molecule has 0 bridgehead atoms. The van der Waals surface area contributed by atoms with Crippen LogP contribution in [-0.4, -0.2) is 34.4 Å². The number of Topliss-reactive ketones (excluding diaryl/α,β-unsaturated/α-hetero) is 1. The number of hydrogen-bond donors (Lipinski definition) is 1. The minimum atomic E-state index is -1.04. The van der Waals surface area contributed by atoms with Gasteiger partial charge in [0.2, 0.25) is 0 Å². The molecule has 1 unspecified atom stereocenters. The summed E-state index contributed by atoms with van der Waals surface area (Å²) >= 11 is 4.32. The van der Waals surface area contributed by atoms with Gasteiger partial charge in [-0.15, -0.1) is 0 Å². The van der Waals surface area contributed by atoms with E-state index >= 15 is 0 Å². The van der Waals surface area contributed by atoms with Crippen molar-refractivity contribution >= 4 is 55.8 Å². The lowest BCUT2D eigenvalue weighted by molar-refractivity contribution is -0.132. The molecule has 202 valence electrons. The third kappa shape index (κ3) is 5.28. The second-order valence-corrected chi connectivity index (χ2v) is 10.7. The molecule has 2 heterocycles. The minimum Gasteiger partial charge on any atom is -0.507 e. The highest BCUT2D eigenvalue weighted by Gasteiger charge is 2.48. The van der Waals surface area contributed by atoms with Gasteiger partial charge < -0.3 is 14.6 Å². The average molecular weight is 619 g/mol. The first-order valence-electron chi connectivity index (χ1n) is 12.3. The molecule has 1 aliphatic heterocycles. The summed E-state index contributed by atoms with van der Waals surface area (Å²) in [6, 6.07) is 21.8. The summed E-state index contributed by atoms with van der Waals surface area (Å²) in [5, 5.41) is 11.5. The van der Waals surface area contributed by atoms with Crippen LogP contribution in [0.25, 0.3) is 5.76 Å². The van der Waals surface area contributed by atoms with E-state index in [1.165, 1.54) is 4.90 Å². The number of ether oxygens (including phenoxy) is 2. The summed E-state index contributed by atoms with van der Waals surface area (Å²) in [6.07, 6.45) is 0. The number of hydrogen-bond acceptors (Lipinski definition) is 8. The van der Waals surface area contributed by atoms with Crippen LogP contribution in [0.5, 0.6) is 11.5 Å². The first-order valence-corrected chi connectivity index (χ1v) is 13.9. The van der Waals surface area contributed by atoms with Crippen LogP contribution in [0.2, 0.25) is 0 Å². The highest BCUT2D eigenvalue weighted by atomic mass is 79.9. The number of aryl methyl sites for hydroxylation is 1. The van der Waals surface area contributed by atoms with E-state index < -0.39 is 23.7 Å². The Hall–Kier alpha value is -4.28. The molecule has 1 aromatic heterocycles. The number of nitrogens with zero attached hydrogens (tertiary/aromatic N) is 2. The van der Waals surface area contributed by atoms with Gasteiger partial charge >= 0.3 is 11.9 Å². The molecule has 1 amide bonds. The summed E-state index contributed by atoms with van der Waals surface area (Å²) < 4.78 is 11.9. The number of ketones is 1. The number of amides is 1. The number of halogens is 1. The predicted octanol–water partition coefficient (Wildman–Crippen LogP) is 6.81. The fraction of sp³-hybridized carbons (Fsp3) is 0.133. The van der Waals surface area contributed by atoms with Crippen LogP contribution in [0.3, 0.4) is 0 Å². The lowest BCUT2D eigenvalue weighted by Gasteiger charge is -2.23. The van der Waals surface area contributed by atoms with Crippen molar-refractivity contribution in [3.05, 3.63) is 111 Å². The van der Waals surface area contributed by atoms with Gasteiger partial charge in [-0.3, -0.25) is 14.5 Å². The standard InChI is InChI=1S/C30H23BrN2O6S/c1-3-38-29(37)27-17(2)32-30(40-27)33-24(19-8-7-11-22(16-19)39-21-9-5-4-6-10-21)23(26(35)28(33)36)25(34)18-12-14-20(31)15-13-18/h4-16,24,34H,3H2,1-2H3. The quantitative estimate of drug-likeness (QED) is 0.105. The predicted molar refractivity (Wildman–Crippen MR) is 155 cm³/mol. The first kappa shape index (κ1) is 27.3. The molecule has 1 atom stereocenters. The minimum absolute atomic E-state index is 0.102. The summed E-state index contributed by atoms with van der Waals surface area (Å²) in [4.78, 5) is 45.4. The van der Waals surface area contributed by atoms with Crippen molar-refractivity contribution in [2.24, 2.45) is 0 Å². The zero-order valence-corrected chi connectivity index (χ0v) is 23.9. The Morgan fingerprint density at radius 1 is 1.02 bits per heavy atom. The first-order chi connectivity index (χ1) is 19.3. The Kier molecular flexibility index (Phi) is 7.81. The van der Waals surface area contributed by atoms with E-state index in [1.807, 2.05) is 30.3 Å². The zero-order chi connectivity index (χ0) is 28.4. The van der Waals surface area contributed by atoms with E-state index in [0.717, 1.165) is 15.8 Å². The van der Waals surface area contributed by atoms with Crippen molar-refractivity contribution in [1.82, 2.24) is 4.98 Å². The van der Waals surface area contributed by atoms with Gasteiger partial charge in [0.25, 0.3) is 5.78 Å². The SMILES string of the molecule is CCOC(=O)c1sc(N2C(=O)C(=O)C(=C(O)c3ccc(Br)cc3)C2c2cccc(Oc3ccccc3)c2)nc1C. The highest BCUT2D eigenvalue weighted by Crippen LogP contribution is 2.44. The third-order valence-electron chi connectivity index (χ3n) is 6.17. The van der Waals surface area contributed by atoms with Gasteiger partial charge in [0.1, 0.15) is 22.1 Å². The summed E-state index contributed by atoms with van der Waals surface area (Å²) in [6.45, 7) is 3.51. The topological polar surface area (TPSA) is 106 Å². The molecule has 1 saturated heterocycles. The summed E-state index contributed by atoms with van der Waals surface area (Å²) in [5.41, 5.74) is 1.14. The molecule has 1 N–H and O–H groups in total. The van der Waals surface area contributed by atoms with Crippen LogP contribution in [0, 0.1) is 6.92 Å². The smallest absolute Gasteiger partial charge is 0.350 e. The lowest BCUT2D eigenvalue weighted by atomic mass is 9.95. The maximum Gasteiger partial charge on any atom is 0.350 e. The van der Waals surface area contributed by atoms with Crippen LogP contribution in [0.4, 0.5) is 5.13 Å². The normalized spacial score (nSPS) is 16.3. The summed E-state index contributed by atoms with van der Waals surface area (Å²) in [7, 11) is 0. The number of carbonyl (C=O) groups excluding carboxylic acids is 3. The fourth-order valence-corrected chi connectivity index (χ4v) is 5.60. The van der Waals surface area contributed by atoms with Crippen molar-refractivity contribution in [3.8, 4) is 11.5 Å². The van der Waals surface area contributed by atoms with Gasteiger partial charge in [-0.2, -0.15) is 0 Å². The number of aliphatic hydroxyl groups is 1. The van der Waals surface area contributed by atoms with E-state index in [1.54, 1.807) is 62.4 Å². The van der Waals surface area contributed by atoms with Gasteiger partial charge in [-0.1, -0.05) is 69.7 Å². The monoisotopic (exact) mass is 618 g/mol. The number of aliphatic hydroxyl groups excluding tert-OH is 1. The largest absolute Gasteiger partial charge is 0.507 e. The number of rotatable bonds is 7. The average Bonchev–Trinajstić information content (AvgIpc) is 3.46. The number of aromatic nitrogens is 1. The second kappa shape index (κ2) is 11.4. The van der Waals surface area contributed by atoms with Crippen molar-refractivity contribution in [2.75, 3.05) is 11.5 Å². The van der Waals surface area contributed by atoms with Crippen LogP contribution in [0.15, 0.2) is 88.9 Å². The molecule has 1 aliphatic rings. The van der Waals surface area contributed by atoms with Crippen molar-refractivity contribution in [2.45, 2.75) is 19.9 Å². The van der Waals surface area contributed by atoms with Crippen molar-refractivity contribution < 1.29 is 29.0 Å². The van der Waals surface area contributed by atoms with Gasteiger partial charge in [0, 0.05) is 10.0 Å². The maximum absolute atomic E-state index is 13.5. The molecule has 40 heavy (non-hydrogen) atoms.